The van der Waals surface area contributed by atoms with Gasteiger partial charge in [0.25, 0.3) is 0 Å². The first-order chi connectivity index (χ1) is 8.78. The second kappa shape index (κ2) is 4.49. The number of hydrogen-bond donors (Lipinski definition) is 2. The summed E-state index contributed by atoms with van der Waals surface area (Å²) >= 11 is 0. The van der Waals surface area contributed by atoms with Gasteiger partial charge in [0.05, 0.1) is 6.04 Å². The molecule has 2 heterocycles. The number of anilines is 1. The molecule has 0 aromatic heterocycles. The molecule has 0 spiro atoms. The van der Waals surface area contributed by atoms with Gasteiger partial charge in [0.15, 0.2) is 0 Å². The fraction of sp³-hybridized carbons (Fsp3) is 0.462. The number of fused-ring (bicyclic) bond motifs is 1. The zero-order valence-electron chi connectivity index (χ0n) is 10.3. The number of carbonyl (C=O) groups is 1. The zero-order chi connectivity index (χ0) is 12.5. The van der Waals surface area contributed by atoms with Crippen LogP contribution in [0.4, 0.5) is 10.5 Å². The van der Waals surface area contributed by atoms with E-state index in [0.29, 0.717) is 12.6 Å². The normalized spacial score (nSPS) is 22.9. The fourth-order valence-electron chi connectivity index (χ4n) is 2.68. The minimum absolute atomic E-state index is 0.0816. The lowest BCUT2D eigenvalue weighted by atomic mass is 10.1. The molecule has 1 aromatic carbocycles. The van der Waals surface area contributed by atoms with E-state index in [0.717, 1.165) is 31.7 Å². The minimum atomic E-state index is 0.0816. The summed E-state index contributed by atoms with van der Waals surface area (Å²) in [5.74, 6) is 0. The molecule has 0 aliphatic carbocycles. The van der Waals surface area contributed by atoms with E-state index in [1.54, 1.807) is 0 Å². The number of benzene rings is 1. The van der Waals surface area contributed by atoms with Gasteiger partial charge in [-0.25, -0.2) is 4.79 Å². The molecule has 0 bridgehead atoms. The van der Waals surface area contributed by atoms with Crippen molar-refractivity contribution in [3.05, 3.63) is 29.8 Å². The molecule has 1 unspecified atom stereocenters. The molecule has 2 aliphatic rings. The van der Waals surface area contributed by atoms with Crippen LogP contribution in [0.15, 0.2) is 24.3 Å². The summed E-state index contributed by atoms with van der Waals surface area (Å²) in [5.41, 5.74) is 7.96. The third-order valence-electron chi connectivity index (χ3n) is 3.77. The van der Waals surface area contributed by atoms with Crippen LogP contribution in [-0.2, 0) is 6.54 Å². The van der Waals surface area contributed by atoms with Gasteiger partial charge in [0, 0.05) is 38.4 Å². The van der Waals surface area contributed by atoms with Gasteiger partial charge in [0.1, 0.15) is 0 Å². The van der Waals surface area contributed by atoms with Gasteiger partial charge in [-0.05, 0) is 17.7 Å². The third kappa shape index (κ3) is 1.90. The molecule has 5 heteroatoms. The molecular weight excluding hydrogens is 228 g/mol. The average Bonchev–Trinajstić information content (AvgIpc) is 2.80. The van der Waals surface area contributed by atoms with Crippen molar-refractivity contribution in [1.82, 2.24) is 10.2 Å². The standard InChI is InChI=1S/C13H18N4O/c14-7-10-1-3-11(4-2-10)16-5-6-17-12(9-16)8-15-13(17)18/h1-4,12H,5-9,14H2,(H,15,18). The zero-order valence-corrected chi connectivity index (χ0v) is 10.3. The van der Waals surface area contributed by atoms with Crippen molar-refractivity contribution in [2.75, 3.05) is 31.1 Å². The summed E-state index contributed by atoms with van der Waals surface area (Å²) in [6, 6.07) is 8.75. The highest BCUT2D eigenvalue weighted by Crippen LogP contribution is 2.21. The molecule has 0 radical (unpaired) electrons. The third-order valence-corrected chi connectivity index (χ3v) is 3.77. The Hall–Kier alpha value is -1.75. The average molecular weight is 246 g/mol. The second-order valence-corrected chi connectivity index (χ2v) is 4.85. The van der Waals surface area contributed by atoms with Crippen LogP contribution >= 0.6 is 0 Å². The van der Waals surface area contributed by atoms with Crippen molar-refractivity contribution >= 4 is 11.7 Å². The van der Waals surface area contributed by atoms with Crippen LogP contribution in [0, 0.1) is 0 Å². The van der Waals surface area contributed by atoms with Gasteiger partial charge in [-0.2, -0.15) is 0 Å². The summed E-state index contributed by atoms with van der Waals surface area (Å²) < 4.78 is 0. The Morgan fingerprint density at radius 2 is 2.06 bits per heavy atom. The Balaban J connectivity index is 1.72. The second-order valence-electron chi connectivity index (χ2n) is 4.85. The van der Waals surface area contributed by atoms with Gasteiger partial charge >= 0.3 is 6.03 Å². The molecular formula is C13H18N4O. The van der Waals surface area contributed by atoms with Gasteiger partial charge in [-0.3, -0.25) is 0 Å². The number of nitrogens with two attached hydrogens (primary N) is 1. The van der Waals surface area contributed by atoms with E-state index < -0.39 is 0 Å². The van der Waals surface area contributed by atoms with E-state index in [9.17, 15) is 4.79 Å². The van der Waals surface area contributed by atoms with E-state index >= 15 is 0 Å². The maximum atomic E-state index is 11.5. The van der Waals surface area contributed by atoms with Gasteiger partial charge < -0.3 is 20.9 Å². The quantitative estimate of drug-likeness (QED) is 0.792. The highest BCUT2D eigenvalue weighted by Gasteiger charge is 2.35. The van der Waals surface area contributed by atoms with Crippen LogP contribution in [0.1, 0.15) is 5.56 Å². The van der Waals surface area contributed by atoms with E-state index in [-0.39, 0.29) is 6.03 Å². The van der Waals surface area contributed by atoms with Crippen LogP contribution in [0.25, 0.3) is 0 Å². The van der Waals surface area contributed by atoms with E-state index in [4.69, 9.17) is 5.73 Å². The molecule has 3 rings (SSSR count). The van der Waals surface area contributed by atoms with Gasteiger partial charge in [-0.15, -0.1) is 0 Å². The molecule has 96 valence electrons. The summed E-state index contributed by atoms with van der Waals surface area (Å²) in [6.07, 6.45) is 0. The summed E-state index contributed by atoms with van der Waals surface area (Å²) in [7, 11) is 0. The van der Waals surface area contributed by atoms with Crippen molar-refractivity contribution in [2.45, 2.75) is 12.6 Å². The smallest absolute Gasteiger partial charge is 0.317 e. The van der Waals surface area contributed by atoms with Crippen molar-refractivity contribution in [1.29, 1.82) is 0 Å². The van der Waals surface area contributed by atoms with Crippen LogP contribution in [0.3, 0.4) is 0 Å². The predicted molar refractivity (Wildman–Crippen MR) is 70.4 cm³/mol. The van der Waals surface area contributed by atoms with Crippen molar-refractivity contribution in [3.8, 4) is 0 Å². The number of carbonyl (C=O) groups excluding carboxylic acids is 1. The Labute approximate surface area is 107 Å². The lowest BCUT2D eigenvalue weighted by Crippen LogP contribution is -2.52. The molecule has 2 aliphatic heterocycles. The number of amides is 2. The molecule has 2 fully saturated rings. The van der Waals surface area contributed by atoms with Gasteiger partial charge in [0.2, 0.25) is 0 Å². The van der Waals surface area contributed by atoms with Crippen LogP contribution in [-0.4, -0.2) is 43.2 Å². The lowest BCUT2D eigenvalue weighted by molar-refractivity contribution is 0.197. The Morgan fingerprint density at radius 3 is 2.78 bits per heavy atom. The van der Waals surface area contributed by atoms with E-state index in [2.05, 4.69) is 34.5 Å². The Kier molecular flexibility index (Phi) is 2.83. The highest BCUT2D eigenvalue weighted by atomic mass is 16.2. The Morgan fingerprint density at radius 1 is 1.28 bits per heavy atom. The minimum Gasteiger partial charge on any atom is -0.368 e. The maximum absolute atomic E-state index is 11.5. The van der Waals surface area contributed by atoms with Gasteiger partial charge in [-0.1, -0.05) is 12.1 Å². The van der Waals surface area contributed by atoms with E-state index in [1.165, 1.54) is 5.69 Å². The molecule has 2 saturated heterocycles. The van der Waals surface area contributed by atoms with Crippen LogP contribution in [0.5, 0.6) is 0 Å². The monoisotopic (exact) mass is 246 g/mol. The number of rotatable bonds is 2. The topological polar surface area (TPSA) is 61.6 Å². The Bertz CT molecular complexity index is 445. The predicted octanol–water partition coefficient (Wildman–Crippen LogP) is 0.359. The molecule has 1 atom stereocenters. The number of nitrogens with one attached hydrogen (secondary N) is 1. The summed E-state index contributed by atoms with van der Waals surface area (Å²) in [4.78, 5) is 15.8. The summed E-state index contributed by atoms with van der Waals surface area (Å²) in [5, 5.41) is 2.90. The first kappa shape index (κ1) is 11.3. The van der Waals surface area contributed by atoms with E-state index in [1.807, 2.05) is 4.90 Å². The number of nitrogens with zero attached hydrogens (tertiary/aromatic N) is 2. The van der Waals surface area contributed by atoms with Crippen LogP contribution < -0.4 is 16.0 Å². The molecule has 5 nitrogen and oxygen atoms in total. The lowest BCUT2D eigenvalue weighted by Gasteiger charge is -2.37. The molecule has 3 N–H and O–H groups in total. The largest absolute Gasteiger partial charge is 0.368 e. The number of hydrogen-bond acceptors (Lipinski definition) is 3. The first-order valence-electron chi connectivity index (χ1n) is 6.36. The van der Waals surface area contributed by atoms with Crippen molar-refractivity contribution in [2.24, 2.45) is 5.73 Å². The number of piperazine rings is 1. The molecule has 2 amide bonds. The molecule has 0 saturated carbocycles. The molecule has 1 aromatic rings. The SMILES string of the molecule is NCc1ccc(N2CCN3C(=O)NCC3C2)cc1. The molecule has 18 heavy (non-hydrogen) atoms. The fourth-order valence-corrected chi connectivity index (χ4v) is 2.68. The van der Waals surface area contributed by atoms with Crippen molar-refractivity contribution < 1.29 is 4.79 Å². The van der Waals surface area contributed by atoms with Crippen LogP contribution in [0.2, 0.25) is 0 Å². The van der Waals surface area contributed by atoms with Crippen molar-refractivity contribution in [3.63, 3.8) is 0 Å². The maximum Gasteiger partial charge on any atom is 0.317 e. The number of urea groups is 1. The highest BCUT2D eigenvalue weighted by molar-refractivity contribution is 5.77. The first-order valence-corrected chi connectivity index (χ1v) is 6.36. The summed E-state index contributed by atoms with van der Waals surface area (Å²) in [6.45, 7) is 3.94.